The third-order valence-corrected chi connectivity index (χ3v) is 11.0. The number of carboxylic acids is 1. The summed E-state index contributed by atoms with van der Waals surface area (Å²) in [7, 11) is 5.52. The Kier molecular flexibility index (Phi) is 43.5. The predicted molar refractivity (Wildman–Crippen MR) is 270 cm³/mol. The standard InChI is InChI=1S/C56H95NO7/c1-6-8-10-12-14-16-18-20-22-24-26-27-29-30-32-34-36-38-40-42-44-46-54(58)63-51-52(50-62-49-48-53(56(60)61)57(3,4)5)64-55(59)47-45-43-41-39-37-35-33-31-28-25-23-21-19-17-15-13-11-9-7-2/h8-11,14-17,21,23,28,31,35,37,52-53H,6-7,12-13,18-20,22,24-27,29-30,32-34,36,38-51H2,1-5H3/p+1/b10-8+,11-9+,16-14+,17-15+,23-21+,31-28+,37-35+. The quantitative estimate of drug-likeness (QED) is 0.0281. The highest BCUT2D eigenvalue weighted by Crippen LogP contribution is 2.15. The monoisotopic (exact) mass is 895 g/mol. The topological polar surface area (TPSA) is 99.1 Å². The van der Waals surface area contributed by atoms with E-state index >= 15 is 0 Å². The van der Waals surface area contributed by atoms with Gasteiger partial charge in [-0.25, -0.2) is 4.79 Å². The van der Waals surface area contributed by atoms with Crippen molar-refractivity contribution in [1.82, 2.24) is 0 Å². The highest BCUT2D eigenvalue weighted by Gasteiger charge is 2.31. The van der Waals surface area contributed by atoms with E-state index in [1.54, 1.807) is 0 Å². The van der Waals surface area contributed by atoms with E-state index < -0.39 is 18.1 Å². The number of carbonyl (C=O) groups excluding carboxylic acids is 2. The molecule has 0 spiro atoms. The number of allylic oxidation sites excluding steroid dienone is 14. The fourth-order valence-corrected chi connectivity index (χ4v) is 7.16. The summed E-state index contributed by atoms with van der Waals surface area (Å²) in [6.45, 7) is 4.49. The van der Waals surface area contributed by atoms with Gasteiger partial charge in [-0.3, -0.25) is 9.59 Å². The van der Waals surface area contributed by atoms with Gasteiger partial charge in [0.25, 0.3) is 0 Å². The van der Waals surface area contributed by atoms with E-state index in [2.05, 4.69) is 98.9 Å². The van der Waals surface area contributed by atoms with Crippen LogP contribution in [0.2, 0.25) is 0 Å². The smallest absolute Gasteiger partial charge is 0.362 e. The van der Waals surface area contributed by atoms with E-state index in [9.17, 15) is 19.5 Å². The van der Waals surface area contributed by atoms with E-state index in [4.69, 9.17) is 14.2 Å². The van der Waals surface area contributed by atoms with Crippen LogP contribution >= 0.6 is 0 Å². The number of ether oxygens (including phenoxy) is 3. The van der Waals surface area contributed by atoms with Crippen molar-refractivity contribution in [3.63, 3.8) is 0 Å². The third-order valence-electron chi connectivity index (χ3n) is 11.0. The Morgan fingerprint density at radius 2 is 0.828 bits per heavy atom. The molecule has 0 aromatic rings. The maximum atomic E-state index is 12.8. The highest BCUT2D eigenvalue weighted by atomic mass is 16.6. The van der Waals surface area contributed by atoms with Crippen molar-refractivity contribution in [3.05, 3.63) is 85.1 Å². The van der Waals surface area contributed by atoms with Crippen LogP contribution in [-0.4, -0.2) is 80.6 Å². The zero-order valence-electron chi connectivity index (χ0n) is 41.7. The summed E-state index contributed by atoms with van der Waals surface area (Å²) in [6, 6.07) is -0.625. The molecule has 0 saturated carbocycles. The van der Waals surface area contributed by atoms with Gasteiger partial charge in [-0.2, -0.15) is 0 Å². The molecule has 2 unspecified atom stereocenters. The second-order valence-electron chi connectivity index (χ2n) is 18.0. The van der Waals surface area contributed by atoms with Crippen LogP contribution in [0.5, 0.6) is 0 Å². The van der Waals surface area contributed by atoms with E-state index in [-0.39, 0.29) is 42.7 Å². The summed E-state index contributed by atoms with van der Waals surface area (Å²) in [6.07, 6.45) is 60.7. The summed E-state index contributed by atoms with van der Waals surface area (Å²) in [5.41, 5.74) is 0. The summed E-state index contributed by atoms with van der Waals surface area (Å²) in [5.74, 6) is -1.51. The van der Waals surface area contributed by atoms with Crippen LogP contribution in [0.4, 0.5) is 0 Å². The maximum absolute atomic E-state index is 12.8. The van der Waals surface area contributed by atoms with E-state index in [1.165, 1.54) is 77.0 Å². The number of quaternary nitrogens is 1. The molecule has 0 aliphatic heterocycles. The summed E-state index contributed by atoms with van der Waals surface area (Å²) < 4.78 is 17.3. The number of aliphatic carboxylic acids is 1. The summed E-state index contributed by atoms with van der Waals surface area (Å²) in [4.78, 5) is 37.2. The van der Waals surface area contributed by atoms with Gasteiger partial charge in [-0.1, -0.05) is 182 Å². The lowest BCUT2D eigenvalue weighted by molar-refractivity contribution is -0.887. The molecular formula is C56H96NO7+. The number of rotatable bonds is 45. The van der Waals surface area contributed by atoms with Crippen molar-refractivity contribution in [2.45, 2.75) is 212 Å². The molecule has 0 aliphatic rings. The average molecular weight is 895 g/mol. The SMILES string of the molecule is CC/C=C/C/C=C/C/C=C/C/C=C/C/C=C/CCCCCC(=O)OC(COCCC(C(=O)O)[N+](C)(C)C)COC(=O)CCCCCCCCCCCCCCCC/C=C/C/C=C/CC. The van der Waals surface area contributed by atoms with Gasteiger partial charge in [0.2, 0.25) is 0 Å². The number of unbranched alkanes of at least 4 members (excludes halogenated alkanes) is 17. The number of carbonyl (C=O) groups is 3. The fourth-order valence-electron chi connectivity index (χ4n) is 7.16. The van der Waals surface area contributed by atoms with Crippen LogP contribution in [0.25, 0.3) is 0 Å². The van der Waals surface area contributed by atoms with Gasteiger partial charge in [0.1, 0.15) is 6.61 Å². The molecule has 0 radical (unpaired) electrons. The minimum Gasteiger partial charge on any atom is -0.477 e. The molecule has 0 fully saturated rings. The molecule has 2 atom stereocenters. The minimum absolute atomic E-state index is 0.0440. The van der Waals surface area contributed by atoms with E-state index in [0.717, 1.165) is 89.9 Å². The maximum Gasteiger partial charge on any atom is 0.362 e. The molecule has 8 heteroatoms. The van der Waals surface area contributed by atoms with Gasteiger partial charge in [0, 0.05) is 19.3 Å². The zero-order valence-corrected chi connectivity index (χ0v) is 41.7. The van der Waals surface area contributed by atoms with Crippen molar-refractivity contribution in [2.75, 3.05) is 41.0 Å². The van der Waals surface area contributed by atoms with Gasteiger partial charge >= 0.3 is 17.9 Å². The molecule has 0 aromatic heterocycles. The Labute approximate surface area is 393 Å². The number of hydrogen-bond donors (Lipinski definition) is 1. The Morgan fingerprint density at radius 1 is 0.469 bits per heavy atom. The van der Waals surface area contributed by atoms with Crippen LogP contribution in [0.1, 0.15) is 200 Å². The second kappa shape index (κ2) is 46.1. The van der Waals surface area contributed by atoms with Crippen molar-refractivity contribution in [3.8, 4) is 0 Å². The Hall–Kier alpha value is -3.49. The van der Waals surface area contributed by atoms with Gasteiger partial charge in [0.15, 0.2) is 12.1 Å². The lowest BCUT2D eigenvalue weighted by Crippen LogP contribution is -2.50. The first-order valence-electron chi connectivity index (χ1n) is 25.6. The second-order valence-corrected chi connectivity index (χ2v) is 18.0. The first-order chi connectivity index (χ1) is 31.1. The lowest BCUT2D eigenvalue weighted by Gasteiger charge is -2.31. The molecule has 8 nitrogen and oxygen atoms in total. The van der Waals surface area contributed by atoms with Crippen LogP contribution < -0.4 is 0 Å². The van der Waals surface area contributed by atoms with Crippen molar-refractivity contribution in [2.24, 2.45) is 0 Å². The summed E-state index contributed by atoms with van der Waals surface area (Å²) in [5, 5.41) is 9.65. The van der Waals surface area contributed by atoms with Crippen molar-refractivity contribution in [1.29, 1.82) is 0 Å². The van der Waals surface area contributed by atoms with Crippen LogP contribution in [-0.2, 0) is 28.6 Å². The Bertz CT molecular complexity index is 1320. The Balaban J connectivity index is 4.29. The molecule has 1 N–H and O–H groups in total. The molecule has 0 rings (SSSR count). The van der Waals surface area contributed by atoms with Gasteiger partial charge < -0.3 is 23.8 Å². The molecule has 0 bridgehead atoms. The molecule has 0 heterocycles. The number of hydrogen-bond acceptors (Lipinski definition) is 6. The lowest BCUT2D eigenvalue weighted by atomic mass is 10.0. The van der Waals surface area contributed by atoms with Crippen molar-refractivity contribution >= 4 is 17.9 Å². The minimum atomic E-state index is -0.882. The van der Waals surface area contributed by atoms with Gasteiger partial charge in [-0.05, 0) is 83.5 Å². The molecule has 0 amide bonds. The number of likely N-dealkylation sites (N-methyl/N-ethyl adjacent to an activating group) is 1. The number of esters is 2. The highest BCUT2D eigenvalue weighted by molar-refractivity contribution is 5.72. The molecule has 0 aliphatic carbocycles. The number of carboxylic acid groups (broad SMARTS) is 1. The fraction of sp³-hybridized carbons (Fsp3) is 0.696. The molecule has 64 heavy (non-hydrogen) atoms. The average Bonchev–Trinajstić information content (AvgIpc) is 3.26. The van der Waals surface area contributed by atoms with Gasteiger partial charge in [-0.15, -0.1) is 0 Å². The van der Waals surface area contributed by atoms with E-state index in [1.807, 2.05) is 21.1 Å². The first kappa shape index (κ1) is 60.5. The zero-order chi connectivity index (χ0) is 47.0. The molecule has 0 saturated heterocycles. The first-order valence-corrected chi connectivity index (χ1v) is 25.6. The number of nitrogens with zero attached hydrogens (tertiary/aromatic N) is 1. The van der Waals surface area contributed by atoms with E-state index in [0.29, 0.717) is 12.8 Å². The molecule has 366 valence electrons. The predicted octanol–water partition coefficient (Wildman–Crippen LogP) is 14.9. The largest absolute Gasteiger partial charge is 0.477 e. The van der Waals surface area contributed by atoms with Crippen LogP contribution in [0.3, 0.4) is 0 Å². The molecule has 0 aromatic carbocycles. The van der Waals surface area contributed by atoms with Crippen LogP contribution in [0.15, 0.2) is 85.1 Å². The van der Waals surface area contributed by atoms with Gasteiger partial charge in [0.05, 0.1) is 34.4 Å². The Morgan fingerprint density at radius 3 is 1.23 bits per heavy atom. The molecular weight excluding hydrogens is 799 g/mol. The normalized spacial score (nSPS) is 13.6. The third kappa shape index (κ3) is 43.7. The summed E-state index contributed by atoms with van der Waals surface area (Å²) >= 11 is 0. The van der Waals surface area contributed by atoms with Crippen LogP contribution in [0, 0.1) is 0 Å². The van der Waals surface area contributed by atoms with Crippen molar-refractivity contribution < 1.29 is 38.2 Å².